The summed E-state index contributed by atoms with van der Waals surface area (Å²) in [4.78, 5) is 9.61. The zero-order chi connectivity index (χ0) is 12.4. The van der Waals surface area contributed by atoms with E-state index in [4.69, 9.17) is 10.6 Å². The molecule has 0 radical (unpaired) electrons. The molecule has 0 aliphatic carbocycles. The molecule has 3 N–H and O–H groups in total. The fraction of sp³-hybridized carbons (Fsp3) is 0.250. The molecule has 90 valence electrons. The van der Waals surface area contributed by atoms with E-state index in [0.29, 0.717) is 5.82 Å². The van der Waals surface area contributed by atoms with Gasteiger partial charge in [0.1, 0.15) is 11.5 Å². The smallest absolute Gasteiger partial charge is 0.149 e. The lowest BCUT2D eigenvalue weighted by molar-refractivity contribution is 0.186. The third-order valence-corrected chi connectivity index (χ3v) is 2.73. The molecule has 0 amide bonds. The van der Waals surface area contributed by atoms with E-state index in [1.165, 1.54) is 0 Å². The van der Waals surface area contributed by atoms with Gasteiger partial charge in [-0.15, -0.1) is 0 Å². The molecule has 0 fully saturated rings. The van der Waals surface area contributed by atoms with Crippen molar-refractivity contribution < 1.29 is 4.84 Å². The molecule has 0 unspecified atom stereocenters. The Balaban J connectivity index is 2.81. The van der Waals surface area contributed by atoms with Gasteiger partial charge in [0.25, 0.3) is 0 Å². The van der Waals surface area contributed by atoms with Crippen LogP contribution in [0.25, 0.3) is 10.9 Å². The minimum absolute atomic E-state index is 0.463. The van der Waals surface area contributed by atoms with Crippen molar-refractivity contribution in [2.75, 3.05) is 37.3 Å². The second-order valence-corrected chi connectivity index (χ2v) is 3.67. The first-order valence-corrected chi connectivity index (χ1v) is 5.32. The van der Waals surface area contributed by atoms with E-state index in [1.807, 2.05) is 38.4 Å². The van der Waals surface area contributed by atoms with Crippen LogP contribution in [0.5, 0.6) is 0 Å². The van der Waals surface area contributed by atoms with Crippen molar-refractivity contribution in [2.24, 2.45) is 0 Å². The van der Waals surface area contributed by atoms with Crippen LogP contribution in [-0.4, -0.2) is 26.2 Å². The quantitative estimate of drug-likeness (QED) is 0.791. The molecular formula is C12H16N4O. The minimum Gasteiger partial charge on any atom is -0.383 e. The zero-order valence-corrected chi connectivity index (χ0v) is 10.2. The molecule has 5 heteroatoms. The Kier molecular flexibility index (Phi) is 3.01. The summed E-state index contributed by atoms with van der Waals surface area (Å²) in [5, 5.41) is 5.73. The van der Waals surface area contributed by atoms with Gasteiger partial charge in [-0.2, -0.15) is 0 Å². The molecule has 1 aromatic heterocycles. The summed E-state index contributed by atoms with van der Waals surface area (Å²) in [6.45, 7) is 0. The third kappa shape index (κ3) is 1.85. The summed E-state index contributed by atoms with van der Waals surface area (Å²) in [6, 6.07) is 7.82. The predicted molar refractivity (Wildman–Crippen MR) is 71.1 cm³/mol. The van der Waals surface area contributed by atoms with Gasteiger partial charge in [-0.3, -0.25) is 9.90 Å². The van der Waals surface area contributed by atoms with Crippen LogP contribution in [0, 0.1) is 0 Å². The molecule has 2 rings (SSSR count). The molecule has 1 aromatic carbocycles. The number of rotatable bonds is 3. The molecule has 0 atom stereocenters. The molecule has 0 bridgehead atoms. The summed E-state index contributed by atoms with van der Waals surface area (Å²) < 4.78 is 0. The standard InChI is InChI=1S/C12H16N4O/c1-14-10-11(16(2)17-3)8-6-4-5-7-9(8)15-12(10)13/h4-7,14H,1-3H3,(H2,13,15). The van der Waals surface area contributed by atoms with Crippen LogP contribution in [0.3, 0.4) is 0 Å². The number of hydroxylamine groups is 1. The van der Waals surface area contributed by atoms with Crippen molar-refractivity contribution in [1.29, 1.82) is 0 Å². The molecule has 0 aliphatic rings. The largest absolute Gasteiger partial charge is 0.383 e. The zero-order valence-electron chi connectivity index (χ0n) is 10.2. The number of hydrogen-bond donors (Lipinski definition) is 2. The number of para-hydroxylation sites is 1. The van der Waals surface area contributed by atoms with Crippen molar-refractivity contribution >= 4 is 28.1 Å². The number of pyridine rings is 1. The van der Waals surface area contributed by atoms with E-state index in [1.54, 1.807) is 12.2 Å². The van der Waals surface area contributed by atoms with Gasteiger partial charge in [0.05, 0.1) is 18.3 Å². The van der Waals surface area contributed by atoms with Gasteiger partial charge in [-0.1, -0.05) is 18.2 Å². The summed E-state index contributed by atoms with van der Waals surface area (Å²) >= 11 is 0. The summed E-state index contributed by atoms with van der Waals surface area (Å²) in [6.07, 6.45) is 0. The molecule has 2 aromatic rings. The predicted octanol–water partition coefficient (Wildman–Crippen LogP) is 1.86. The lowest BCUT2D eigenvalue weighted by atomic mass is 10.1. The number of aromatic nitrogens is 1. The first-order chi connectivity index (χ1) is 8.19. The second-order valence-electron chi connectivity index (χ2n) is 3.67. The van der Waals surface area contributed by atoms with Crippen LogP contribution in [-0.2, 0) is 4.84 Å². The van der Waals surface area contributed by atoms with Crippen molar-refractivity contribution in [2.45, 2.75) is 0 Å². The Morgan fingerprint density at radius 2 is 2.06 bits per heavy atom. The van der Waals surface area contributed by atoms with E-state index in [-0.39, 0.29) is 0 Å². The van der Waals surface area contributed by atoms with Gasteiger partial charge in [0, 0.05) is 19.5 Å². The molecule has 5 nitrogen and oxygen atoms in total. The van der Waals surface area contributed by atoms with Gasteiger partial charge in [-0.05, 0) is 6.07 Å². The van der Waals surface area contributed by atoms with Crippen molar-refractivity contribution in [3.8, 4) is 0 Å². The average molecular weight is 232 g/mol. The Labute approximate surface area is 100 Å². The molecule has 0 spiro atoms. The number of hydrogen-bond acceptors (Lipinski definition) is 5. The molecule has 0 saturated heterocycles. The van der Waals surface area contributed by atoms with Gasteiger partial charge >= 0.3 is 0 Å². The number of nitrogen functional groups attached to an aromatic ring is 1. The number of anilines is 3. The highest BCUT2D eigenvalue weighted by molar-refractivity contribution is 6.01. The number of nitrogens with two attached hydrogens (primary N) is 1. The molecule has 17 heavy (non-hydrogen) atoms. The molecule has 0 aliphatic heterocycles. The van der Waals surface area contributed by atoms with Crippen LogP contribution in [0.4, 0.5) is 17.2 Å². The van der Waals surface area contributed by atoms with E-state index >= 15 is 0 Å². The first kappa shape index (κ1) is 11.5. The lowest BCUT2D eigenvalue weighted by Crippen LogP contribution is -2.18. The fourth-order valence-corrected chi connectivity index (χ4v) is 1.88. The monoisotopic (exact) mass is 232 g/mol. The number of fused-ring (bicyclic) bond motifs is 1. The van der Waals surface area contributed by atoms with Crippen molar-refractivity contribution in [1.82, 2.24) is 4.98 Å². The van der Waals surface area contributed by atoms with Gasteiger partial charge < -0.3 is 11.1 Å². The highest BCUT2D eigenvalue weighted by Crippen LogP contribution is 2.36. The van der Waals surface area contributed by atoms with Gasteiger partial charge in [-0.25, -0.2) is 4.98 Å². The van der Waals surface area contributed by atoms with E-state index in [9.17, 15) is 0 Å². The highest BCUT2D eigenvalue weighted by Gasteiger charge is 2.15. The van der Waals surface area contributed by atoms with Gasteiger partial charge in [0.2, 0.25) is 0 Å². The van der Waals surface area contributed by atoms with Gasteiger partial charge in [0.15, 0.2) is 0 Å². The van der Waals surface area contributed by atoms with Crippen LogP contribution < -0.4 is 16.1 Å². The Bertz CT molecular complexity index is 541. The molecule has 0 saturated carbocycles. The lowest BCUT2D eigenvalue weighted by Gasteiger charge is -2.22. The van der Waals surface area contributed by atoms with Crippen LogP contribution in [0.1, 0.15) is 0 Å². The van der Waals surface area contributed by atoms with Crippen molar-refractivity contribution in [3.63, 3.8) is 0 Å². The molecular weight excluding hydrogens is 216 g/mol. The minimum atomic E-state index is 0.463. The highest BCUT2D eigenvalue weighted by atomic mass is 16.7. The van der Waals surface area contributed by atoms with Crippen LogP contribution >= 0.6 is 0 Å². The SMILES string of the molecule is CNc1c(N)nc2ccccc2c1N(C)OC. The second kappa shape index (κ2) is 4.47. The number of benzene rings is 1. The maximum absolute atomic E-state index is 5.93. The van der Waals surface area contributed by atoms with E-state index < -0.39 is 0 Å². The summed E-state index contributed by atoms with van der Waals surface area (Å²) in [7, 11) is 5.27. The summed E-state index contributed by atoms with van der Waals surface area (Å²) in [5.74, 6) is 0.463. The van der Waals surface area contributed by atoms with Crippen LogP contribution in [0.15, 0.2) is 24.3 Å². The number of nitrogens with one attached hydrogen (secondary N) is 1. The maximum atomic E-state index is 5.93. The van der Waals surface area contributed by atoms with Crippen LogP contribution in [0.2, 0.25) is 0 Å². The number of nitrogens with zero attached hydrogens (tertiary/aromatic N) is 2. The van der Waals surface area contributed by atoms with E-state index in [0.717, 1.165) is 22.3 Å². The van der Waals surface area contributed by atoms with Crippen molar-refractivity contribution in [3.05, 3.63) is 24.3 Å². The Hall–Kier alpha value is -2.01. The molecule has 1 heterocycles. The maximum Gasteiger partial charge on any atom is 0.149 e. The third-order valence-electron chi connectivity index (χ3n) is 2.73. The van der Waals surface area contributed by atoms with E-state index in [2.05, 4.69) is 10.3 Å². The average Bonchev–Trinajstić information content (AvgIpc) is 2.36. The topological polar surface area (TPSA) is 63.4 Å². The Morgan fingerprint density at radius 1 is 1.35 bits per heavy atom. The fourth-order valence-electron chi connectivity index (χ4n) is 1.88. The Morgan fingerprint density at radius 3 is 2.71 bits per heavy atom. The normalized spacial score (nSPS) is 10.5. The first-order valence-electron chi connectivity index (χ1n) is 5.32. The summed E-state index contributed by atoms with van der Waals surface area (Å²) in [5.41, 5.74) is 8.44.